The van der Waals surface area contributed by atoms with Crippen molar-refractivity contribution in [2.45, 2.75) is 39.5 Å². The third-order valence-electron chi connectivity index (χ3n) is 1.59. The molecule has 0 aromatic rings. The van der Waals surface area contributed by atoms with Crippen molar-refractivity contribution >= 4 is 0 Å². The second-order valence-electron chi connectivity index (χ2n) is 3.05. The van der Waals surface area contributed by atoms with E-state index >= 15 is 0 Å². The van der Waals surface area contributed by atoms with Crippen molar-refractivity contribution in [3.8, 4) is 0 Å². The van der Waals surface area contributed by atoms with Crippen molar-refractivity contribution in [1.29, 1.82) is 0 Å². The fraction of sp³-hybridized carbons (Fsp3) is 0.692. The molecule has 0 saturated carbocycles. The fourth-order valence-electron chi connectivity index (χ4n) is 0.829. The molecule has 0 rings (SSSR count). The van der Waals surface area contributed by atoms with Gasteiger partial charge in [0.15, 0.2) is 0 Å². The molecule has 2 heteroatoms. The number of aliphatic hydroxyl groups is 1. The van der Waals surface area contributed by atoms with E-state index in [1.165, 1.54) is 0 Å². The standard InChI is InChI=1S/C7H14O.C6H12O/c1-3-4-5-6-7-8-2;1-2-3-4-5-6-7/h4-5H,3,6-7H2,1-2H3;3-4,7H,2,5-6H2,1H3/b5-4+;4-3+. The first kappa shape index (κ1) is 16.8. The van der Waals surface area contributed by atoms with Crippen molar-refractivity contribution in [1.82, 2.24) is 0 Å². The van der Waals surface area contributed by atoms with Crippen LogP contribution in [0.3, 0.4) is 0 Å². The SMILES string of the molecule is CC/C=C/CCO.CC/C=C/CCOC. The molecule has 15 heavy (non-hydrogen) atoms. The number of rotatable bonds is 7. The zero-order valence-corrected chi connectivity index (χ0v) is 10.4. The Hall–Kier alpha value is -0.600. The summed E-state index contributed by atoms with van der Waals surface area (Å²) in [5.74, 6) is 0. The van der Waals surface area contributed by atoms with E-state index in [0.717, 1.165) is 32.3 Å². The molecule has 0 aliphatic carbocycles. The molecule has 0 unspecified atom stereocenters. The van der Waals surface area contributed by atoms with E-state index < -0.39 is 0 Å². The van der Waals surface area contributed by atoms with Crippen LogP contribution in [-0.2, 0) is 4.74 Å². The molecule has 90 valence electrons. The summed E-state index contributed by atoms with van der Waals surface area (Å²) in [7, 11) is 1.72. The van der Waals surface area contributed by atoms with Crippen LogP contribution in [0.1, 0.15) is 39.5 Å². The predicted molar refractivity (Wildman–Crippen MR) is 67.1 cm³/mol. The summed E-state index contributed by atoms with van der Waals surface area (Å²) >= 11 is 0. The Bertz CT molecular complexity index is 139. The zero-order valence-electron chi connectivity index (χ0n) is 10.4. The average molecular weight is 214 g/mol. The van der Waals surface area contributed by atoms with Gasteiger partial charge in [0.25, 0.3) is 0 Å². The van der Waals surface area contributed by atoms with Crippen molar-refractivity contribution < 1.29 is 9.84 Å². The van der Waals surface area contributed by atoms with Gasteiger partial charge in [0.2, 0.25) is 0 Å². The summed E-state index contributed by atoms with van der Waals surface area (Å²) < 4.78 is 4.84. The third kappa shape index (κ3) is 24.7. The highest BCUT2D eigenvalue weighted by atomic mass is 16.5. The maximum atomic E-state index is 8.24. The van der Waals surface area contributed by atoms with Crippen LogP contribution in [-0.4, -0.2) is 25.4 Å². The van der Waals surface area contributed by atoms with E-state index in [-0.39, 0.29) is 6.61 Å². The molecular weight excluding hydrogens is 188 g/mol. The second-order valence-corrected chi connectivity index (χ2v) is 3.05. The molecule has 0 aromatic heterocycles. The topological polar surface area (TPSA) is 29.5 Å². The molecule has 0 bridgehead atoms. The monoisotopic (exact) mass is 214 g/mol. The zero-order chi connectivity index (χ0) is 11.8. The molecule has 0 spiro atoms. The van der Waals surface area contributed by atoms with Crippen molar-refractivity contribution in [3.63, 3.8) is 0 Å². The minimum Gasteiger partial charge on any atom is -0.396 e. The molecule has 0 heterocycles. The van der Waals surface area contributed by atoms with Crippen LogP contribution in [0, 0.1) is 0 Å². The minimum atomic E-state index is 0.274. The maximum Gasteiger partial charge on any atom is 0.0496 e. The smallest absolute Gasteiger partial charge is 0.0496 e. The first-order chi connectivity index (χ1) is 7.33. The van der Waals surface area contributed by atoms with E-state index in [1.54, 1.807) is 7.11 Å². The Morgan fingerprint density at radius 2 is 1.47 bits per heavy atom. The summed E-state index contributed by atoms with van der Waals surface area (Å²) in [5, 5.41) is 8.24. The molecule has 0 saturated heterocycles. The van der Waals surface area contributed by atoms with Gasteiger partial charge in [-0.25, -0.2) is 0 Å². The van der Waals surface area contributed by atoms with Crippen LogP contribution in [0.5, 0.6) is 0 Å². The summed E-state index contributed by atoms with van der Waals surface area (Å²) in [6.45, 7) is 5.32. The number of allylic oxidation sites excluding steroid dienone is 2. The fourth-order valence-corrected chi connectivity index (χ4v) is 0.829. The lowest BCUT2D eigenvalue weighted by Gasteiger charge is -1.88. The van der Waals surface area contributed by atoms with Gasteiger partial charge in [0, 0.05) is 20.3 Å². The number of aliphatic hydroxyl groups excluding tert-OH is 1. The normalized spacial score (nSPS) is 10.7. The summed E-state index contributed by atoms with van der Waals surface area (Å²) in [6, 6.07) is 0. The van der Waals surface area contributed by atoms with E-state index in [9.17, 15) is 0 Å². The number of hydrogen-bond acceptors (Lipinski definition) is 2. The largest absolute Gasteiger partial charge is 0.396 e. The van der Waals surface area contributed by atoms with Crippen LogP contribution in [0.4, 0.5) is 0 Å². The van der Waals surface area contributed by atoms with Gasteiger partial charge >= 0.3 is 0 Å². The molecule has 0 amide bonds. The molecule has 0 aromatic carbocycles. The lowest BCUT2D eigenvalue weighted by molar-refractivity contribution is 0.204. The van der Waals surface area contributed by atoms with Crippen LogP contribution in [0.15, 0.2) is 24.3 Å². The van der Waals surface area contributed by atoms with Gasteiger partial charge in [-0.2, -0.15) is 0 Å². The van der Waals surface area contributed by atoms with Gasteiger partial charge < -0.3 is 9.84 Å². The Kier molecular flexibility index (Phi) is 21.4. The lowest BCUT2D eigenvalue weighted by Crippen LogP contribution is -1.82. The van der Waals surface area contributed by atoms with E-state index in [0.29, 0.717) is 0 Å². The Morgan fingerprint density at radius 1 is 0.933 bits per heavy atom. The van der Waals surface area contributed by atoms with Crippen LogP contribution in [0.25, 0.3) is 0 Å². The van der Waals surface area contributed by atoms with Gasteiger partial charge in [-0.1, -0.05) is 38.2 Å². The number of hydrogen-bond donors (Lipinski definition) is 1. The third-order valence-corrected chi connectivity index (χ3v) is 1.59. The lowest BCUT2D eigenvalue weighted by atomic mass is 10.3. The van der Waals surface area contributed by atoms with Crippen LogP contribution in [0.2, 0.25) is 0 Å². The molecule has 0 radical (unpaired) electrons. The van der Waals surface area contributed by atoms with Crippen molar-refractivity contribution in [3.05, 3.63) is 24.3 Å². The molecule has 0 fully saturated rings. The van der Waals surface area contributed by atoms with E-state index in [4.69, 9.17) is 9.84 Å². The molecule has 2 nitrogen and oxygen atoms in total. The quantitative estimate of drug-likeness (QED) is 0.520. The van der Waals surface area contributed by atoms with E-state index in [1.807, 2.05) is 6.08 Å². The van der Waals surface area contributed by atoms with Gasteiger partial charge in [-0.3, -0.25) is 0 Å². The van der Waals surface area contributed by atoms with Gasteiger partial charge in [-0.05, 0) is 25.7 Å². The number of methoxy groups -OCH3 is 1. The van der Waals surface area contributed by atoms with E-state index in [2.05, 4.69) is 32.1 Å². The molecule has 0 atom stereocenters. The van der Waals surface area contributed by atoms with Crippen LogP contribution < -0.4 is 0 Å². The summed E-state index contributed by atoms with van der Waals surface area (Å²) in [4.78, 5) is 0. The highest BCUT2D eigenvalue weighted by Crippen LogP contribution is 1.85. The Morgan fingerprint density at radius 3 is 1.87 bits per heavy atom. The highest BCUT2D eigenvalue weighted by molar-refractivity contribution is 4.79. The van der Waals surface area contributed by atoms with Crippen LogP contribution >= 0.6 is 0 Å². The highest BCUT2D eigenvalue weighted by Gasteiger charge is 1.73. The van der Waals surface area contributed by atoms with Gasteiger partial charge in [0.05, 0.1) is 0 Å². The van der Waals surface area contributed by atoms with Crippen molar-refractivity contribution in [2.75, 3.05) is 20.3 Å². The minimum absolute atomic E-state index is 0.274. The molecule has 1 N–H and O–H groups in total. The van der Waals surface area contributed by atoms with Gasteiger partial charge in [-0.15, -0.1) is 0 Å². The summed E-state index contributed by atoms with van der Waals surface area (Å²) in [5.41, 5.74) is 0. The number of ether oxygens (including phenoxy) is 1. The maximum absolute atomic E-state index is 8.24. The predicted octanol–water partition coefficient (Wildman–Crippen LogP) is 3.32. The molecule has 0 aliphatic heterocycles. The van der Waals surface area contributed by atoms with Crippen molar-refractivity contribution in [2.24, 2.45) is 0 Å². The first-order valence-electron chi connectivity index (χ1n) is 5.73. The Labute approximate surface area is 94.7 Å². The van der Waals surface area contributed by atoms with Gasteiger partial charge in [0.1, 0.15) is 0 Å². The first-order valence-corrected chi connectivity index (χ1v) is 5.73. The second kappa shape index (κ2) is 19.0. The average Bonchev–Trinajstić information content (AvgIpc) is 2.26. The summed E-state index contributed by atoms with van der Waals surface area (Å²) in [6.07, 6.45) is 12.4. The molecular formula is C13H26O2. The molecule has 0 aliphatic rings. The Balaban J connectivity index is 0.